The summed E-state index contributed by atoms with van der Waals surface area (Å²) in [6, 6.07) is 3.41. The number of primary amides is 1. The molecule has 1 aromatic rings. The van der Waals surface area contributed by atoms with E-state index in [9.17, 15) is 14.0 Å². The molecule has 1 heterocycles. The van der Waals surface area contributed by atoms with Crippen molar-refractivity contribution in [1.82, 2.24) is 4.90 Å². The molecule has 0 aromatic heterocycles. The summed E-state index contributed by atoms with van der Waals surface area (Å²) in [6.45, 7) is 0.433. The molecule has 1 aromatic carbocycles. The van der Waals surface area contributed by atoms with E-state index in [0.717, 1.165) is 0 Å². The summed E-state index contributed by atoms with van der Waals surface area (Å²) >= 11 is 0. The molecule has 0 saturated carbocycles. The molecule has 0 spiro atoms. The van der Waals surface area contributed by atoms with E-state index in [4.69, 9.17) is 11.5 Å². The van der Waals surface area contributed by atoms with E-state index in [0.29, 0.717) is 19.4 Å². The molecule has 5 nitrogen and oxygen atoms in total. The molecule has 2 rings (SSSR count). The Balaban J connectivity index is 2.31. The van der Waals surface area contributed by atoms with Gasteiger partial charge in [-0.3, -0.25) is 9.59 Å². The number of carbonyl (C=O) groups is 2. The lowest BCUT2D eigenvalue weighted by molar-refractivity contribution is -0.121. The summed E-state index contributed by atoms with van der Waals surface area (Å²) in [4.78, 5) is 24.8. The average Bonchev–Trinajstić information content (AvgIpc) is 2.81. The number of nitrogens with two attached hydrogens (primary N) is 2. The molecule has 0 radical (unpaired) electrons. The van der Waals surface area contributed by atoms with Gasteiger partial charge >= 0.3 is 0 Å². The van der Waals surface area contributed by atoms with Crippen molar-refractivity contribution in [3.63, 3.8) is 0 Å². The fourth-order valence-electron chi connectivity index (χ4n) is 2.18. The van der Waals surface area contributed by atoms with Gasteiger partial charge in [-0.1, -0.05) is 6.07 Å². The lowest BCUT2D eigenvalue weighted by atomic mass is 10.1. The Bertz CT molecular complexity index is 504. The Kier molecular flexibility index (Phi) is 3.18. The standard InChI is InChI=1S/C12H14FN3O2/c13-8-4-1-3-7(10(8)14)12(18)16-6-2-5-9(16)11(15)17/h1,3-4,9H,2,5-6,14H2,(H2,15,17). The number of nitrogens with zero attached hydrogens (tertiary/aromatic N) is 1. The molecule has 1 aliphatic heterocycles. The highest BCUT2D eigenvalue weighted by Gasteiger charge is 2.33. The first kappa shape index (κ1) is 12.3. The van der Waals surface area contributed by atoms with E-state index in [1.54, 1.807) is 0 Å². The highest BCUT2D eigenvalue weighted by Crippen LogP contribution is 2.23. The smallest absolute Gasteiger partial charge is 0.256 e. The first-order valence-corrected chi connectivity index (χ1v) is 5.66. The lowest BCUT2D eigenvalue weighted by Gasteiger charge is -2.22. The van der Waals surface area contributed by atoms with Crippen molar-refractivity contribution in [2.24, 2.45) is 5.73 Å². The second-order valence-corrected chi connectivity index (χ2v) is 4.26. The van der Waals surface area contributed by atoms with E-state index in [2.05, 4.69) is 0 Å². The number of carbonyl (C=O) groups excluding carboxylic acids is 2. The number of likely N-dealkylation sites (tertiary alicyclic amines) is 1. The number of rotatable bonds is 2. The average molecular weight is 251 g/mol. The minimum Gasteiger partial charge on any atom is -0.396 e. The van der Waals surface area contributed by atoms with Crippen LogP contribution in [0.15, 0.2) is 18.2 Å². The monoisotopic (exact) mass is 251 g/mol. The summed E-state index contributed by atoms with van der Waals surface area (Å²) in [5, 5.41) is 0. The number of halogens is 1. The van der Waals surface area contributed by atoms with E-state index < -0.39 is 23.7 Å². The molecule has 1 atom stereocenters. The highest BCUT2D eigenvalue weighted by atomic mass is 19.1. The zero-order valence-electron chi connectivity index (χ0n) is 9.73. The van der Waals surface area contributed by atoms with Crippen LogP contribution >= 0.6 is 0 Å². The molecule has 0 aliphatic carbocycles. The minimum atomic E-state index is -0.643. The minimum absolute atomic E-state index is 0.0724. The third kappa shape index (κ3) is 2.01. The number of nitrogen functional groups attached to an aromatic ring is 1. The number of para-hydroxylation sites is 1. The topological polar surface area (TPSA) is 89.4 Å². The van der Waals surface area contributed by atoms with Gasteiger partial charge < -0.3 is 16.4 Å². The van der Waals surface area contributed by atoms with Gasteiger partial charge in [0.15, 0.2) is 0 Å². The Hall–Kier alpha value is -2.11. The Morgan fingerprint density at radius 3 is 2.78 bits per heavy atom. The van der Waals surface area contributed by atoms with Crippen LogP contribution in [0.25, 0.3) is 0 Å². The fraction of sp³-hybridized carbons (Fsp3) is 0.333. The number of hydrogen-bond donors (Lipinski definition) is 2. The Morgan fingerprint density at radius 1 is 1.39 bits per heavy atom. The normalized spacial score (nSPS) is 18.9. The van der Waals surface area contributed by atoms with Gasteiger partial charge in [0.25, 0.3) is 5.91 Å². The second-order valence-electron chi connectivity index (χ2n) is 4.26. The van der Waals surface area contributed by atoms with Gasteiger partial charge in [-0.25, -0.2) is 4.39 Å². The Morgan fingerprint density at radius 2 is 2.11 bits per heavy atom. The van der Waals surface area contributed by atoms with Crippen LogP contribution in [0.3, 0.4) is 0 Å². The first-order valence-electron chi connectivity index (χ1n) is 5.66. The van der Waals surface area contributed by atoms with Crippen LogP contribution in [0.1, 0.15) is 23.2 Å². The third-order valence-corrected chi connectivity index (χ3v) is 3.13. The first-order chi connectivity index (χ1) is 8.52. The van der Waals surface area contributed by atoms with Crippen molar-refractivity contribution >= 4 is 17.5 Å². The van der Waals surface area contributed by atoms with Gasteiger partial charge in [0.2, 0.25) is 5.91 Å². The molecule has 4 N–H and O–H groups in total. The molecule has 2 amide bonds. The van der Waals surface area contributed by atoms with Crippen LogP contribution in [0.2, 0.25) is 0 Å². The highest BCUT2D eigenvalue weighted by molar-refractivity contribution is 6.01. The van der Waals surface area contributed by atoms with E-state index in [1.807, 2.05) is 0 Å². The van der Waals surface area contributed by atoms with E-state index in [-0.39, 0.29) is 11.3 Å². The fourth-order valence-corrected chi connectivity index (χ4v) is 2.18. The molecule has 6 heteroatoms. The van der Waals surface area contributed by atoms with Gasteiger partial charge in [-0.15, -0.1) is 0 Å². The maximum atomic E-state index is 13.3. The van der Waals surface area contributed by atoms with Crippen molar-refractivity contribution < 1.29 is 14.0 Å². The molecule has 1 unspecified atom stereocenters. The van der Waals surface area contributed by atoms with Crippen LogP contribution < -0.4 is 11.5 Å². The zero-order chi connectivity index (χ0) is 13.3. The number of amides is 2. The molecule has 0 bridgehead atoms. The summed E-state index contributed by atoms with van der Waals surface area (Å²) in [5.74, 6) is -1.64. The predicted molar refractivity (Wildman–Crippen MR) is 64.1 cm³/mol. The molecule has 1 aliphatic rings. The molecular weight excluding hydrogens is 237 g/mol. The van der Waals surface area contributed by atoms with Crippen LogP contribution in [-0.2, 0) is 4.79 Å². The van der Waals surface area contributed by atoms with Gasteiger partial charge in [0.1, 0.15) is 11.9 Å². The lowest BCUT2D eigenvalue weighted by Crippen LogP contribution is -2.43. The molecule has 18 heavy (non-hydrogen) atoms. The van der Waals surface area contributed by atoms with Crippen molar-refractivity contribution in [3.05, 3.63) is 29.6 Å². The second kappa shape index (κ2) is 4.64. The van der Waals surface area contributed by atoms with E-state index >= 15 is 0 Å². The Labute approximate surface area is 104 Å². The van der Waals surface area contributed by atoms with Crippen LogP contribution in [0.4, 0.5) is 10.1 Å². The van der Waals surface area contributed by atoms with E-state index in [1.165, 1.54) is 23.1 Å². The van der Waals surface area contributed by atoms with Crippen LogP contribution in [0, 0.1) is 5.82 Å². The summed E-state index contributed by atoms with van der Waals surface area (Å²) in [6.07, 6.45) is 1.24. The van der Waals surface area contributed by atoms with Gasteiger partial charge in [-0.2, -0.15) is 0 Å². The van der Waals surface area contributed by atoms with Crippen LogP contribution in [0.5, 0.6) is 0 Å². The van der Waals surface area contributed by atoms with Crippen molar-refractivity contribution in [2.75, 3.05) is 12.3 Å². The number of hydrogen-bond acceptors (Lipinski definition) is 3. The quantitative estimate of drug-likeness (QED) is 0.750. The SMILES string of the molecule is NC(=O)C1CCCN1C(=O)c1cccc(F)c1N. The molecular formula is C12H14FN3O2. The molecule has 1 fully saturated rings. The number of benzene rings is 1. The summed E-state index contributed by atoms with van der Waals surface area (Å²) in [7, 11) is 0. The van der Waals surface area contributed by atoms with Crippen molar-refractivity contribution in [1.29, 1.82) is 0 Å². The summed E-state index contributed by atoms with van der Waals surface area (Å²) < 4.78 is 13.3. The largest absolute Gasteiger partial charge is 0.396 e. The summed E-state index contributed by atoms with van der Waals surface area (Å²) in [5.41, 5.74) is 10.6. The molecule has 1 saturated heterocycles. The maximum Gasteiger partial charge on any atom is 0.256 e. The number of anilines is 1. The van der Waals surface area contributed by atoms with Crippen molar-refractivity contribution in [2.45, 2.75) is 18.9 Å². The van der Waals surface area contributed by atoms with Crippen molar-refractivity contribution in [3.8, 4) is 0 Å². The maximum absolute atomic E-state index is 13.3. The van der Waals surface area contributed by atoms with Gasteiger partial charge in [-0.05, 0) is 25.0 Å². The van der Waals surface area contributed by atoms with Crippen LogP contribution in [-0.4, -0.2) is 29.3 Å². The zero-order valence-corrected chi connectivity index (χ0v) is 9.73. The predicted octanol–water partition coefficient (Wildman–Crippen LogP) is 0.498. The van der Waals surface area contributed by atoms with Gasteiger partial charge in [0, 0.05) is 6.54 Å². The van der Waals surface area contributed by atoms with Gasteiger partial charge in [0.05, 0.1) is 11.3 Å². The molecule has 96 valence electrons. The third-order valence-electron chi connectivity index (χ3n) is 3.13.